The van der Waals surface area contributed by atoms with Crippen LogP contribution in [0.15, 0.2) is 42.6 Å². The number of benzene rings is 1. The van der Waals surface area contributed by atoms with E-state index in [0.29, 0.717) is 17.1 Å². The van der Waals surface area contributed by atoms with Gasteiger partial charge in [-0.3, -0.25) is 4.79 Å². The standard InChI is InChI=1S/C14H14N4OS/c1-9(19)17-10-4-2-5-11(8-10)18-14-12(13(15)20)6-3-7-16-14/h2-8H,1H3,(H2,15,20)(H,16,18)(H,17,19). The smallest absolute Gasteiger partial charge is 0.221 e. The van der Waals surface area contributed by atoms with Gasteiger partial charge in [-0.2, -0.15) is 0 Å². The van der Waals surface area contributed by atoms with Gasteiger partial charge < -0.3 is 16.4 Å². The largest absolute Gasteiger partial charge is 0.389 e. The fourth-order valence-electron chi connectivity index (χ4n) is 1.72. The molecular formula is C14H14N4OS. The lowest BCUT2D eigenvalue weighted by atomic mass is 10.2. The van der Waals surface area contributed by atoms with Crippen LogP contribution in [0.3, 0.4) is 0 Å². The minimum Gasteiger partial charge on any atom is -0.389 e. The highest BCUT2D eigenvalue weighted by atomic mass is 32.1. The number of aromatic nitrogens is 1. The summed E-state index contributed by atoms with van der Waals surface area (Å²) in [6, 6.07) is 10.9. The molecule has 2 aromatic rings. The normalized spacial score (nSPS) is 9.85. The highest BCUT2D eigenvalue weighted by Crippen LogP contribution is 2.21. The van der Waals surface area contributed by atoms with Crippen LogP contribution in [0, 0.1) is 0 Å². The predicted molar refractivity (Wildman–Crippen MR) is 84.2 cm³/mol. The Balaban J connectivity index is 2.26. The molecule has 6 heteroatoms. The molecule has 1 aromatic carbocycles. The van der Waals surface area contributed by atoms with Gasteiger partial charge in [0.05, 0.1) is 5.56 Å². The second-order valence-corrected chi connectivity index (χ2v) is 4.59. The molecule has 4 N–H and O–H groups in total. The van der Waals surface area contributed by atoms with Gasteiger partial charge >= 0.3 is 0 Å². The highest BCUT2D eigenvalue weighted by molar-refractivity contribution is 7.80. The third-order valence-electron chi connectivity index (χ3n) is 2.52. The van der Waals surface area contributed by atoms with E-state index < -0.39 is 0 Å². The molecule has 0 radical (unpaired) electrons. The number of nitrogens with one attached hydrogen (secondary N) is 2. The van der Waals surface area contributed by atoms with Crippen LogP contribution < -0.4 is 16.4 Å². The third-order valence-corrected chi connectivity index (χ3v) is 2.74. The summed E-state index contributed by atoms with van der Waals surface area (Å²) in [7, 11) is 0. The lowest BCUT2D eigenvalue weighted by Gasteiger charge is -2.11. The molecule has 0 bridgehead atoms. The summed E-state index contributed by atoms with van der Waals surface area (Å²) in [5.41, 5.74) is 7.82. The molecular weight excluding hydrogens is 272 g/mol. The van der Waals surface area contributed by atoms with Gasteiger partial charge in [-0.05, 0) is 30.3 Å². The Labute approximate surface area is 122 Å². The Morgan fingerprint density at radius 3 is 2.70 bits per heavy atom. The van der Waals surface area contributed by atoms with E-state index in [0.717, 1.165) is 5.69 Å². The van der Waals surface area contributed by atoms with Crippen molar-refractivity contribution < 1.29 is 4.79 Å². The molecule has 102 valence electrons. The number of nitrogens with two attached hydrogens (primary N) is 1. The number of hydrogen-bond donors (Lipinski definition) is 3. The Kier molecular flexibility index (Phi) is 4.27. The quantitative estimate of drug-likeness (QED) is 0.752. The number of carbonyl (C=O) groups is 1. The number of pyridine rings is 1. The summed E-state index contributed by atoms with van der Waals surface area (Å²) in [6.45, 7) is 1.46. The van der Waals surface area contributed by atoms with Crippen molar-refractivity contribution >= 4 is 40.3 Å². The first-order valence-corrected chi connectivity index (χ1v) is 6.36. The minimum absolute atomic E-state index is 0.121. The van der Waals surface area contributed by atoms with Gasteiger partial charge in [0.25, 0.3) is 0 Å². The molecule has 0 spiro atoms. The molecule has 2 rings (SSSR count). The first-order chi connectivity index (χ1) is 9.56. The zero-order valence-corrected chi connectivity index (χ0v) is 11.7. The molecule has 0 aliphatic heterocycles. The molecule has 0 atom stereocenters. The van der Waals surface area contributed by atoms with Crippen LogP contribution in [0.2, 0.25) is 0 Å². The second kappa shape index (κ2) is 6.12. The van der Waals surface area contributed by atoms with Crippen molar-refractivity contribution in [3.8, 4) is 0 Å². The summed E-state index contributed by atoms with van der Waals surface area (Å²) in [5, 5.41) is 5.86. The van der Waals surface area contributed by atoms with Crippen LogP contribution in [0.1, 0.15) is 12.5 Å². The van der Waals surface area contributed by atoms with E-state index in [1.807, 2.05) is 12.1 Å². The summed E-state index contributed by atoms with van der Waals surface area (Å²) in [4.78, 5) is 15.5. The number of anilines is 3. The van der Waals surface area contributed by atoms with E-state index in [4.69, 9.17) is 18.0 Å². The number of thiocarbonyl (C=S) groups is 1. The van der Waals surface area contributed by atoms with E-state index in [1.54, 1.807) is 30.5 Å². The zero-order chi connectivity index (χ0) is 14.5. The topological polar surface area (TPSA) is 80.0 Å². The maximum absolute atomic E-state index is 11.0. The average molecular weight is 286 g/mol. The Morgan fingerprint density at radius 2 is 2.00 bits per heavy atom. The summed E-state index contributed by atoms with van der Waals surface area (Å²) in [5.74, 6) is 0.462. The lowest BCUT2D eigenvalue weighted by molar-refractivity contribution is -0.114. The highest BCUT2D eigenvalue weighted by Gasteiger charge is 2.06. The number of hydrogen-bond acceptors (Lipinski definition) is 4. The van der Waals surface area contributed by atoms with E-state index in [9.17, 15) is 4.79 Å². The Bertz CT molecular complexity index is 657. The van der Waals surface area contributed by atoms with Crippen molar-refractivity contribution in [3.05, 3.63) is 48.2 Å². The molecule has 0 aliphatic rings. The summed E-state index contributed by atoms with van der Waals surface area (Å²) >= 11 is 4.99. The molecule has 0 saturated carbocycles. The number of rotatable bonds is 4. The Hall–Kier alpha value is -2.47. The van der Waals surface area contributed by atoms with Crippen LogP contribution in [0.5, 0.6) is 0 Å². The van der Waals surface area contributed by atoms with Gasteiger partial charge in [-0.25, -0.2) is 4.98 Å². The maximum atomic E-state index is 11.0. The van der Waals surface area contributed by atoms with Gasteiger partial charge in [0, 0.05) is 24.5 Å². The molecule has 20 heavy (non-hydrogen) atoms. The fourth-order valence-corrected chi connectivity index (χ4v) is 1.88. The summed E-state index contributed by atoms with van der Waals surface area (Å²) < 4.78 is 0. The fraction of sp³-hybridized carbons (Fsp3) is 0.0714. The van der Waals surface area contributed by atoms with Crippen molar-refractivity contribution in [1.29, 1.82) is 0 Å². The molecule has 0 unspecified atom stereocenters. The summed E-state index contributed by atoms with van der Waals surface area (Å²) in [6.07, 6.45) is 1.65. The van der Waals surface area contributed by atoms with Gasteiger partial charge in [-0.15, -0.1) is 0 Å². The monoisotopic (exact) mass is 286 g/mol. The van der Waals surface area contributed by atoms with Crippen LogP contribution in [-0.4, -0.2) is 15.9 Å². The van der Waals surface area contributed by atoms with Crippen LogP contribution >= 0.6 is 12.2 Å². The SMILES string of the molecule is CC(=O)Nc1cccc(Nc2ncccc2C(N)=S)c1. The Morgan fingerprint density at radius 1 is 1.25 bits per heavy atom. The van der Waals surface area contributed by atoms with Crippen molar-refractivity contribution in [2.24, 2.45) is 5.73 Å². The molecule has 5 nitrogen and oxygen atoms in total. The molecule has 0 aliphatic carbocycles. The number of amides is 1. The van der Waals surface area contributed by atoms with Crippen molar-refractivity contribution in [1.82, 2.24) is 4.98 Å². The van der Waals surface area contributed by atoms with Crippen LogP contribution in [0.25, 0.3) is 0 Å². The van der Waals surface area contributed by atoms with Gasteiger partial charge in [0.2, 0.25) is 5.91 Å². The van der Waals surface area contributed by atoms with Crippen LogP contribution in [0.4, 0.5) is 17.2 Å². The first-order valence-electron chi connectivity index (χ1n) is 5.96. The van der Waals surface area contributed by atoms with Crippen molar-refractivity contribution in [2.75, 3.05) is 10.6 Å². The third kappa shape index (κ3) is 3.52. The van der Waals surface area contributed by atoms with E-state index in [1.165, 1.54) is 6.92 Å². The maximum Gasteiger partial charge on any atom is 0.221 e. The number of carbonyl (C=O) groups excluding carboxylic acids is 1. The van der Waals surface area contributed by atoms with E-state index >= 15 is 0 Å². The van der Waals surface area contributed by atoms with Crippen LogP contribution in [-0.2, 0) is 4.79 Å². The van der Waals surface area contributed by atoms with Gasteiger partial charge in [-0.1, -0.05) is 18.3 Å². The van der Waals surface area contributed by atoms with Gasteiger partial charge in [0.1, 0.15) is 10.8 Å². The predicted octanol–water partition coefficient (Wildman–Crippen LogP) is 2.42. The van der Waals surface area contributed by atoms with E-state index in [2.05, 4.69) is 15.6 Å². The van der Waals surface area contributed by atoms with Crippen molar-refractivity contribution in [3.63, 3.8) is 0 Å². The second-order valence-electron chi connectivity index (χ2n) is 4.15. The molecule has 1 aromatic heterocycles. The molecule has 1 amide bonds. The first kappa shape index (κ1) is 14.0. The minimum atomic E-state index is -0.121. The molecule has 0 saturated heterocycles. The molecule has 1 heterocycles. The van der Waals surface area contributed by atoms with Crippen molar-refractivity contribution in [2.45, 2.75) is 6.92 Å². The lowest BCUT2D eigenvalue weighted by Crippen LogP contribution is -2.12. The average Bonchev–Trinajstić information content (AvgIpc) is 2.38. The van der Waals surface area contributed by atoms with E-state index in [-0.39, 0.29) is 10.9 Å². The number of nitrogens with zero attached hydrogens (tertiary/aromatic N) is 1. The zero-order valence-electron chi connectivity index (χ0n) is 10.9. The van der Waals surface area contributed by atoms with Gasteiger partial charge in [0.15, 0.2) is 0 Å². The molecule has 0 fully saturated rings.